The van der Waals surface area contributed by atoms with Crippen molar-refractivity contribution in [3.63, 3.8) is 0 Å². The molecule has 2 N–H and O–H groups in total. The molecule has 2 aliphatic rings. The number of nitrogens with zero attached hydrogens (tertiary/aromatic N) is 3. The fourth-order valence-electron chi connectivity index (χ4n) is 4.88. The zero-order chi connectivity index (χ0) is 28.0. The van der Waals surface area contributed by atoms with Gasteiger partial charge in [-0.25, -0.2) is 0 Å². The molecule has 1 fully saturated rings. The Morgan fingerprint density at radius 1 is 1.12 bits per heavy atom. The average Bonchev–Trinajstić information content (AvgIpc) is 3.63. The highest BCUT2D eigenvalue weighted by Gasteiger charge is 2.48. The number of Topliss-reactive ketones (excluding diaryl/α,β-unsaturated/α-hetero) is 1. The van der Waals surface area contributed by atoms with Gasteiger partial charge in [-0.05, 0) is 60.0 Å². The van der Waals surface area contributed by atoms with Gasteiger partial charge in [0.25, 0.3) is 5.78 Å². The molecule has 0 saturated carbocycles. The number of aliphatic hydroxyl groups is 1. The first-order valence-corrected chi connectivity index (χ1v) is 14.6. The van der Waals surface area contributed by atoms with E-state index in [0.717, 1.165) is 28.2 Å². The van der Waals surface area contributed by atoms with Crippen LogP contribution in [0.2, 0.25) is 5.02 Å². The summed E-state index contributed by atoms with van der Waals surface area (Å²) in [5.74, 6) is -0.772. The minimum Gasteiger partial charge on any atom is -0.508 e. The lowest BCUT2D eigenvalue weighted by atomic mass is 9.94. The number of carbonyl (C=O) groups excluding carboxylic acids is 2. The van der Waals surface area contributed by atoms with Crippen LogP contribution in [0.5, 0.6) is 11.5 Å². The van der Waals surface area contributed by atoms with Crippen LogP contribution in [0.25, 0.3) is 5.76 Å². The molecule has 1 aromatic heterocycles. The van der Waals surface area contributed by atoms with Gasteiger partial charge in [-0.2, -0.15) is 0 Å². The van der Waals surface area contributed by atoms with Crippen molar-refractivity contribution in [3.05, 3.63) is 99.6 Å². The maximum absolute atomic E-state index is 13.5. The van der Waals surface area contributed by atoms with E-state index < -0.39 is 17.7 Å². The molecule has 0 spiro atoms. The van der Waals surface area contributed by atoms with Crippen LogP contribution in [-0.4, -0.2) is 38.2 Å². The normalized spacial score (nSPS) is 19.6. The summed E-state index contributed by atoms with van der Waals surface area (Å²) in [7, 11) is 0. The highest BCUT2D eigenvalue weighted by Crippen LogP contribution is 2.45. The van der Waals surface area contributed by atoms with Crippen LogP contribution >= 0.6 is 34.7 Å². The summed E-state index contributed by atoms with van der Waals surface area (Å²) in [5, 5.41) is 30.9. The van der Waals surface area contributed by atoms with E-state index in [1.165, 1.54) is 28.8 Å². The minimum absolute atomic E-state index is 0.00709. The van der Waals surface area contributed by atoms with E-state index in [1.54, 1.807) is 30.3 Å². The number of fused-ring (bicyclic) bond motifs is 1. The third-order valence-corrected chi connectivity index (χ3v) is 9.18. The number of carbonyl (C=O) groups is 2. The Labute approximate surface area is 242 Å². The Kier molecular flexibility index (Phi) is 6.99. The predicted octanol–water partition coefficient (Wildman–Crippen LogP) is 6.14. The number of hydrogen-bond acceptors (Lipinski definition) is 9. The third kappa shape index (κ3) is 4.83. The Bertz CT molecular complexity index is 1690. The lowest BCUT2D eigenvalue weighted by molar-refractivity contribution is -0.132. The van der Waals surface area contributed by atoms with Crippen LogP contribution in [0.1, 0.15) is 35.2 Å². The number of phenolic OH excluding ortho intramolecular Hbond substituents is 1. The molecule has 6 rings (SSSR count). The number of aromatic hydroxyl groups is 1. The number of aromatic nitrogens is 2. The maximum atomic E-state index is 13.5. The van der Waals surface area contributed by atoms with Crippen molar-refractivity contribution in [2.45, 2.75) is 35.6 Å². The molecule has 2 aliphatic heterocycles. The van der Waals surface area contributed by atoms with Crippen LogP contribution < -0.4 is 9.64 Å². The predicted molar refractivity (Wildman–Crippen MR) is 154 cm³/mol. The SMILES string of the molecule is C[C@@H]1Cc2cc(C(O)=C3C(=O)C(=O)N(c4nnc(SCc5ccccc5Cl)s4)[C@@H]3c3cccc(O)c3)ccc2O1. The molecule has 40 heavy (non-hydrogen) atoms. The van der Waals surface area contributed by atoms with Gasteiger partial charge in [0.15, 0.2) is 4.34 Å². The maximum Gasteiger partial charge on any atom is 0.301 e. The largest absolute Gasteiger partial charge is 0.508 e. The second-order valence-corrected chi connectivity index (χ2v) is 12.0. The fraction of sp³-hybridized carbons (Fsp3) is 0.172. The van der Waals surface area contributed by atoms with Crippen molar-refractivity contribution in [2.75, 3.05) is 4.90 Å². The Morgan fingerprint density at radius 3 is 2.75 bits per heavy atom. The van der Waals surface area contributed by atoms with Gasteiger partial charge in [-0.3, -0.25) is 14.5 Å². The molecule has 0 bridgehead atoms. The van der Waals surface area contributed by atoms with Gasteiger partial charge in [-0.15, -0.1) is 10.2 Å². The Hall–Kier alpha value is -3.86. The van der Waals surface area contributed by atoms with Gasteiger partial charge in [0.05, 0.1) is 11.6 Å². The number of anilines is 1. The number of thioether (sulfide) groups is 1. The van der Waals surface area contributed by atoms with Gasteiger partial charge in [0.2, 0.25) is 5.13 Å². The molecule has 0 radical (unpaired) electrons. The molecule has 202 valence electrons. The summed E-state index contributed by atoms with van der Waals surface area (Å²) in [5.41, 5.74) is 2.58. The number of hydrogen-bond donors (Lipinski definition) is 2. The zero-order valence-corrected chi connectivity index (χ0v) is 23.5. The number of aliphatic hydroxyl groups excluding tert-OH is 1. The summed E-state index contributed by atoms with van der Waals surface area (Å²) in [6.45, 7) is 1.95. The standard InChI is InChI=1S/C29H22ClN3O5S2/c1-15-11-19-12-17(9-10-22(19)38-15)25(35)23-24(16-6-4-7-20(34)13-16)33(27(37)26(23)36)28-31-32-29(40-28)39-14-18-5-2-3-8-21(18)30/h2-10,12-13,15,24,34-35H,11,14H2,1H3/t15-,24-/m1/s1. The molecule has 11 heteroatoms. The summed E-state index contributed by atoms with van der Waals surface area (Å²) in [4.78, 5) is 28.1. The van der Waals surface area contributed by atoms with Crippen molar-refractivity contribution in [3.8, 4) is 11.5 Å². The molecule has 0 aliphatic carbocycles. The fourth-order valence-corrected chi connectivity index (χ4v) is 7.03. The average molecular weight is 592 g/mol. The van der Waals surface area contributed by atoms with Crippen molar-refractivity contribution >= 4 is 57.3 Å². The van der Waals surface area contributed by atoms with Gasteiger partial charge in [-0.1, -0.05) is 65.0 Å². The van der Waals surface area contributed by atoms with E-state index in [0.29, 0.717) is 32.7 Å². The first kappa shape index (κ1) is 26.4. The molecule has 8 nitrogen and oxygen atoms in total. The van der Waals surface area contributed by atoms with Gasteiger partial charge in [0, 0.05) is 22.8 Å². The number of ketones is 1. The topological polar surface area (TPSA) is 113 Å². The van der Waals surface area contributed by atoms with Crippen LogP contribution in [0, 0.1) is 0 Å². The van der Waals surface area contributed by atoms with E-state index in [-0.39, 0.29) is 28.3 Å². The zero-order valence-electron chi connectivity index (χ0n) is 21.1. The Morgan fingerprint density at radius 2 is 1.95 bits per heavy atom. The number of halogens is 1. The van der Waals surface area contributed by atoms with E-state index in [9.17, 15) is 19.8 Å². The molecule has 2 atom stereocenters. The van der Waals surface area contributed by atoms with E-state index in [1.807, 2.05) is 31.2 Å². The smallest absolute Gasteiger partial charge is 0.301 e. The lowest BCUT2D eigenvalue weighted by Gasteiger charge is -2.22. The Balaban J connectivity index is 1.39. The third-order valence-electron chi connectivity index (χ3n) is 6.71. The summed E-state index contributed by atoms with van der Waals surface area (Å²) in [6, 6.07) is 17.9. The van der Waals surface area contributed by atoms with E-state index in [2.05, 4.69) is 10.2 Å². The van der Waals surface area contributed by atoms with Crippen LogP contribution in [0.3, 0.4) is 0 Å². The number of amides is 1. The van der Waals surface area contributed by atoms with Crippen LogP contribution in [0.15, 0.2) is 76.6 Å². The molecular weight excluding hydrogens is 570 g/mol. The summed E-state index contributed by atoms with van der Waals surface area (Å²) < 4.78 is 6.35. The summed E-state index contributed by atoms with van der Waals surface area (Å²) >= 11 is 8.84. The second kappa shape index (κ2) is 10.6. The van der Waals surface area contributed by atoms with Gasteiger partial charge < -0.3 is 14.9 Å². The van der Waals surface area contributed by atoms with Crippen molar-refractivity contribution < 1.29 is 24.5 Å². The second-order valence-electron chi connectivity index (χ2n) is 9.45. The lowest BCUT2D eigenvalue weighted by Crippen LogP contribution is -2.29. The van der Waals surface area contributed by atoms with Crippen LogP contribution in [0.4, 0.5) is 5.13 Å². The molecule has 0 unspecified atom stereocenters. The van der Waals surface area contributed by atoms with Crippen molar-refractivity contribution in [2.24, 2.45) is 0 Å². The van der Waals surface area contributed by atoms with Crippen molar-refractivity contribution in [1.82, 2.24) is 10.2 Å². The van der Waals surface area contributed by atoms with Crippen LogP contribution in [-0.2, 0) is 21.8 Å². The number of benzene rings is 3. The monoisotopic (exact) mass is 591 g/mol. The number of rotatable bonds is 6. The van der Waals surface area contributed by atoms with E-state index >= 15 is 0 Å². The minimum atomic E-state index is -1.02. The van der Waals surface area contributed by atoms with Gasteiger partial charge in [0.1, 0.15) is 23.4 Å². The van der Waals surface area contributed by atoms with Crippen molar-refractivity contribution in [1.29, 1.82) is 0 Å². The quantitative estimate of drug-likeness (QED) is 0.0904. The molecule has 4 aromatic rings. The highest BCUT2D eigenvalue weighted by atomic mass is 35.5. The molecule has 1 saturated heterocycles. The number of ether oxygens (including phenoxy) is 1. The van der Waals surface area contributed by atoms with E-state index in [4.69, 9.17) is 16.3 Å². The first-order chi connectivity index (χ1) is 19.3. The summed E-state index contributed by atoms with van der Waals surface area (Å²) in [6.07, 6.45) is 0.674. The molecule has 3 aromatic carbocycles. The molecular formula is C29H22ClN3O5S2. The highest BCUT2D eigenvalue weighted by molar-refractivity contribution is 8.00. The molecule has 1 amide bonds. The van der Waals surface area contributed by atoms with Gasteiger partial charge >= 0.3 is 5.91 Å². The first-order valence-electron chi connectivity index (χ1n) is 12.4. The number of phenols is 1. The molecule has 3 heterocycles.